The maximum Gasteiger partial charge on any atom is 0.137 e. The number of fused-ring (bicyclic) bond motifs is 1. The van der Waals surface area contributed by atoms with Gasteiger partial charge in [-0.3, -0.25) is 4.98 Å². The Morgan fingerprint density at radius 2 is 2.40 bits per heavy atom. The summed E-state index contributed by atoms with van der Waals surface area (Å²) in [6.45, 7) is 1.15. The Labute approximate surface area is 89.2 Å². The summed E-state index contributed by atoms with van der Waals surface area (Å²) in [4.78, 5) is 4.19. The molecule has 2 heterocycles. The molecule has 15 heavy (non-hydrogen) atoms. The fourth-order valence-corrected chi connectivity index (χ4v) is 2.38. The van der Waals surface area contributed by atoms with Crippen molar-refractivity contribution in [3.63, 3.8) is 0 Å². The lowest BCUT2D eigenvalue weighted by Gasteiger charge is -2.34. The third-order valence-corrected chi connectivity index (χ3v) is 3.33. The molecule has 3 rings (SSSR count). The largest absolute Gasteiger partial charge is 0.495 e. The van der Waals surface area contributed by atoms with Gasteiger partial charge >= 0.3 is 0 Å². The van der Waals surface area contributed by atoms with Gasteiger partial charge in [0.25, 0.3) is 0 Å². The number of aromatic nitrogens is 1. The Balaban J connectivity index is 1.92. The highest BCUT2D eigenvalue weighted by molar-refractivity contribution is 5.73. The number of nitrogens with one attached hydrogen (secondary N) is 1. The van der Waals surface area contributed by atoms with Crippen molar-refractivity contribution < 1.29 is 4.74 Å². The lowest BCUT2D eigenvalue weighted by atomic mass is 9.89. The van der Waals surface area contributed by atoms with E-state index >= 15 is 0 Å². The van der Waals surface area contributed by atoms with E-state index in [1.54, 1.807) is 13.3 Å². The Kier molecular flexibility index (Phi) is 1.99. The van der Waals surface area contributed by atoms with Crippen LogP contribution < -0.4 is 10.1 Å². The van der Waals surface area contributed by atoms with Crippen LogP contribution in [-0.2, 0) is 0 Å². The molecule has 1 N–H and O–H groups in total. The number of pyridine rings is 1. The molecule has 2 atom stereocenters. The summed E-state index contributed by atoms with van der Waals surface area (Å²) in [5.41, 5.74) is 2.58. The van der Waals surface area contributed by atoms with Gasteiger partial charge in [-0.25, -0.2) is 0 Å². The quantitative estimate of drug-likeness (QED) is 0.788. The first-order valence-corrected chi connectivity index (χ1v) is 5.31. The van der Waals surface area contributed by atoms with E-state index in [2.05, 4.69) is 22.4 Å². The molecule has 0 unspecified atom stereocenters. The van der Waals surface area contributed by atoms with Crippen molar-refractivity contribution >= 4 is 5.57 Å². The minimum atomic E-state index is 0.555. The van der Waals surface area contributed by atoms with Gasteiger partial charge in [0.15, 0.2) is 0 Å². The van der Waals surface area contributed by atoms with Crippen molar-refractivity contribution in [2.45, 2.75) is 12.5 Å². The normalized spacial score (nSPS) is 27.9. The van der Waals surface area contributed by atoms with Crippen molar-refractivity contribution in [3.05, 3.63) is 30.1 Å². The van der Waals surface area contributed by atoms with Crippen LogP contribution in [0.15, 0.2) is 24.5 Å². The minimum Gasteiger partial charge on any atom is -0.495 e. The van der Waals surface area contributed by atoms with Crippen LogP contribution in [0.25, 0.3) is 5.57 Å². The lowest BCUT2D eigenvalue weighted by molar-refractivity contribution is 0.306. The van der Waals surface area contributed by atoms with Gasteiger partial charge in [0.1, 0.15) is 5.75 Å². The highest BCUT2D eigenvalue weighted by atomic mass is 16.5. The summed E-state index contributed by atoms with van der Waals surface area (Å²) in [5, 5.41) is 3.46. The van der Waals surface area contributed by atoms with E-state index < -0.39 is 0 Å². The molecule has 0 bridgehead atoms. The van der Waals surface area contributed by atoms with Crippen LogP contribution in [-0.4, -0.2) is 24.7 Å². The Morgan fingerprint density at radius 1 is 1.47 bits per heavy atom. The number of nitrogens with zero attached hydrogens (tertiary/aromatic N) is 1. The van der Waals surface area contributed by atoms with Gasteiger partial charge in [0.2, 0.25) is 0 Å². The van der Waals surface area contributed by atoms with Crippen molar-refractivity contribution in [3.8, 4) is 5.75 Å². The number of hydrogen-bond donors (Lipinski definition) is 1. The lowest BCUT2D eigenvalue weighted by Crippen LogP contribution is -2.50. The SMILES string of the molecule is COc1cncc(C2=CC[C@H]3CN[C@@H]23)c1. The van der Waals surface area contributed by atoms with Crippen molar-refractivity contribution in [2.24, 2.45) is 5.92 Å². The molecule has 78 valence electrons. The van der Waals surface area contributed by atoms with Gasteiger partial charge in [0.05, 0.1) is 13.3 Å². The number of methoxy groups -OCH3 is 1. The first kappa shape index (κ1) is 8.92. The maximum atomic E-state index is 5.18. The summed E-state index contributed by atoms with van der Waals surface area (Å²) in [7, 11) is 1.67. The van der Waals surface area contributed by atoms with E-state index in [0.717, 1.165) is 18.2 Å². The van der Waals surface area contributed by atoms with Crippen LogP contribution >= 0.6 is 0 Å². The highest BCUT2D eigenvalue weighted by Gasteiger charge is 2.37. The van der Waals surface area contributed by atoms with E-state index in [1.165, 1.54) is 17.6 Å². The molecule has 1 aliphatic heterocycles. The molecule has 0 amide bonds. The summed E-state index contributed by atoms with van der Waals surface area (Å²) in [6.07, 6.45) is 7.18. The van der Waals surface area contributed by atoms with Crippen molar-refractivity contribution in [1.82, 2.24) is 10.3 Å². The molecule has 1 aromatic rings. The molecule has 3 nitrogen and oxygen atoms in total. The van der Waals surface area contributed by atoms with Crippen molar-refractivity contribution in [1.29, 1.82) is 0 Å². The fourth-order valence-electron chi connectivity index (χ4n) is 2.38. The number of allylic oxidation sites excluding steroid dienone is 1. The molecule has 0 radical (unpaired) electrons. The topological polar surface area (TPSA) is 34.1 Å². The predicted molar refractivity (Wildman–Crippen MR) is 58.7 cm³/mol. The van der Waals surface area contributed by atoms with Crippen LogP contribution in [0.1, 0.15) is 12.0 Å². The monoisotopic (exact) mass is 202 g/mol. The van der Waals surface area contributed by atoms with Crippen LogP contribution in [0.5, 0.6) is 5.75 Å². The van der Waals surface area contributed by atoms with Crippen LogP contribution in [0, 0.1) is 5.92 Å². The van der Waals surface area contributed by atoms with E-state index in [9.17, 15) is 0 Å². The van der Waals surface area contributed by atoms with Gasteiger partial charge in [-0.15, -0.1) is 0 Å². The first-order chi connectivity index (χ1) is 7.38. The molecular formula is C12H14N2O. The van der Waals surface area contributed by atoms with Gasteiger partial charge in [0, 0.05) is 24.3 Å². The van der Waals surface area contributed by atoms with Gasteiger partial charge in [-0.2, -0.15) is 0 Å². The second-order valence-electron chi connectivity index (χ2n) is 4.15. The fraction of sp³-hybridized carbons (Fsp3) is 0.417. The van der Waals surface area contributed by atoms with E-state index in [1.807, 2.05) is 6.20 Å². The standard InChI is InChI=1S/C12H14N2O/c1-15-10-4-9(5-13-7-10)11-3-2-8-6-14-12(8)11/h3-5,7-8,12,14H,2,6H2,1H3/t8-,12+/m0/s1. The highest BCUT2D eigenvalue weighted by Crippen LogP contribution is 2.37. The van der Waals surface area contributed by atoms with Crippen LogP contribution in [0.3, 0.4) is 0 Å². The molecule has 3 heteroatoms. The number of ether oxygens (including phenoxy) is 1. The molecule has 1 aliphatic carbocycles. The first-order valence-electron chi connectivity index (χ1n) is 5.31. The summed E-state index contributed by atoms with van der Waals surface area (Å²) >= 11 is 0. The van der Waals surface area contributed by atoms with Gasteiger partial charge in [-0.05, 0) is 24.0 Å². The molecule has 0 saturated carbocycles. The Hall–Kier alpha value is -1.35. The van der Waals surface area contributed by atoms with E-state index in [-0.39, 0.29) is 0 Å². The van der Waals surface area contributed by atoms with Crippen LogP contribution in [0.2, 0.25) is 0 Å². The van der Waals surface area contributed by atoms with E-state index in [0.29, 0.717) is 6.04 Å². The zero-order valence-electron chi connectivity index (χ0n) is 8.73. The number of hydrogen-bond acceptors (Lipinski definition) is 3. The molecule has 1 fully saturated rings. The molecule has 0 spiro atoms. The molecule has 0 aromatic carbocycles. The third kappa shape index (κ3) is 1.35. The third-order valence-electron chi connectivity index (χ3n) is 3.33. The summed E-state index contributed by atoms with van der Waals surface area (Å²) < 4.78 is 5.18. The summed E-state index contributed by atoms with van der Waals surface area (Å²) in [5.74, 6) is 1.64. The summed E-state index contributed by atoms with van der Waals surface area (Å²) in [6, 6.07) is 2.61. The molecule has 1 aromatic heterocycles. The van der Waals surface area contributed by atoms with Crippen LogP contribution in [0.4, 0.5) is 0 Å². The zero-order chi connectivity index (χ0) is 10.3. The number of rotatable bonds is 2. The maximum absolute atomic E-state index is 5.18. The predicted octanol–water partition coefficient (Wildman–Crippen LogP) is 1.47. The van der Waals surface area contributed by atoms with Gasteiger partial charge in [-0.1, -0.05) is 6.08 Å². The average molecular weight is 202 g/mol. The van der Waals surface area contributed by atoms with E-state index in [4.69, 9.17) is 4.74 Å². The zero-order valence-corrected chi connectivity index (χ0v) is 8.73. The smallest absolute Gasteiger partial charge is 0.137 e. The second-order valence-corrected chi connectivity index (χ2v) is 4.15. The molecular weight excluding hydrogens is 188 g/mol. The minimum absolute atomic E-state index is 0.555. The Morgan fingerprint density at radius 3 is 3.07 bits per heavy atom. The average Bonchev–Trinajstić information content (AvgIpc) is 2.54. The van der Waals surface area contributed by atoms with Crippen molar-refractivity contribution in [2.75, 3.05) is 13.7 Å². The van der Waals surface area contributed by atoms with Gasteiger partial charge < -0.3 is 10.1 Å². The second kappa shape index (κ2) is 3.35. The molecule has 2 aliphatic rings. The Bertz CT molecular complexity index is 414. The molecule has 1 saturated heterocycles.